The zero-order chi connectivity index (χ0) is 23.9. The summed E-state index contributed by atoms with van der Waals surface area (Å²) in [5.74, 6) is 0.416. The van der Waals surface area contributed by atoms with Crippen molar-refractivity contribution in [1.82, 2.24) is 0 Å². The minimum Gasteiger partial charge on any atom is -0.459 e. The van der Waals surface area contributed by atoms with Crippen LogP contribution in [0, 0.1) is 28.6 Å². The molecule has 4 fully saturated rings. The van der Waals surface area contributed by atoms with Crippen LogP contribution >= 0.6 is 0 Å². The fourth-order valence-corrected chi connectivity index (χ4v) is 5.22. The summed E-state index contributed by atoms with van der Waals surface area (Å²) in [6, 6.07) is 0. The van der Waals surface area contributed by atoms with Gasteiger partial charge in [-0.15, -0.1) is 0 Å². The van der Waals surface area contributed by atoms with Crippen molar-refractivity contribution in [3.8, 4) is 0 Å². The van der Waals surface area contributed by atoms with Crippen molar-refractivity contribution in [2.45, 2.75) is 132 Å². The fraction of sp³-hybridized carbons (Fsp3) is 0.893. The van der Waals surface area contributed by atoms with Gasteiger partial charge in [0.2, 0.25) is 0 Å². The van der Waals surface area contributed by atoms with Crippen LogP contribution in [-0.2, 0) is 28.6 Å². The number of hydrogen-bond donors (Lipinski definition) is 0. The lowest BCUT2D eigenvalue weighted by molar-refractivity contribution is -0.170. The maximum Gasteiger partial charge on any atom is 0.312 e. The van der Waals surface area contributed by atoms with E-state index in [2.05, 4.69) is 6.92 Å². The number of fused-ring (bicyclic) bond motifs is 1. The minimum absolute atomic E-state index is 0. The van der Waals surface area contributed by atoms with E-state index < -0.39 is 5.41 Å². The highest BCUT2D eigenvalue weighted by atomic mass is 16.6. The van der Waals surface area contributed by atoms with Gasteiger partial charge in [0.05, 0.1) is 16.7 Å². The number of esters is 3. The Balaban J connectivity index is 0.000000331. The summed E-state index contributed by atoms with van der Waals surface area (Å²) in [7, 11) is 0. The first kappa shape index (κ1) is 30.4. The molecule has 1 aliphatic heterocycles. The van der Waals surface area contributed by atoms with Gasteiger partial charge in [-0.1, -0.05) is 28.7 Å². The Labute approximate surface area is 207 Å². The maximum atomic E-state index is 12.1. The second kappa shape index (κ2) is 11.0. The smallest absolute Gasteiger partial charge is 0.312 e. The Kier molecular flexibility index (Phi) is 9.84. The molecule has 6 nitrogen and oxygen atoms in total. The van der Waals surface area contributed by atoms with Gasteiger partial charge in [0.1, 0.15) is 17.8 Å². The standard InChI is InChI=1S/C14H20O4.C12H22O2.2CH4/c1-4-14(2,3)13(16)18-10-7-5-8-9(6-7)12(15)17-11(8)10;1-5-11(2,3)10(13)14-12(4)8-6-7-9-12;;/h7-11H,4-6H2,1-3H3;5-9H2,1-4H3;2*1H4. The highest BCUT2D eigenvalue weighted by molar-refractivity contribution is 5.78. The van der Waals surface area contributed by atoms with Crippen molar-refractivity contribution >= 4 is 17.9 Å². The molecule has 0 aromatic carbocycles. The van der Waals surface area contributed by atoms with Crippen LogP contribution in [0.25, 0.3) is 0 Å². The molecule has 3 aliphatic carbocycles. The third kappa shape index (κ3) is 5.96. The van der Waals surface area contributed by atoms with Crippen LogP contribution in [0.3, 0.4) is 0 Å². The molecule has 0 amide bonds. The van der Waals surface area contributed by atoms with Crippen LogP contribution in [0.2, 0.25) is 0 Å². The number of ether oxygens (including phenoxy) is 3. The Morgan fingerprint density at radius 1 is 0.971 bits per heavy atom. The number of carbonyl (C=O) groups excluding carboxylic acids is 3. The van der Waals surface area contributed by atoms with Gasteiger partial charge in [-0.05, 0) is 86.0 Å². The second-order valence-corrected chi connectivity index (χ2v) is 11.8. The topological polar surface area (TPSA) is 78.9 Å². The molecule has 0 N–H and O–H groups in total. The van der Waals surface area contributed by atoms with E-state index in [1.807, 2.05) is 41.5 Å². The maximum absolute atomic E-state index is 12.1. The quantitative estimate of drug-likeness (QED) is 0.318. The van der Waals surface area contributed by atoms with Gasteiger partial charge in [-0.25, -0.2) is 0 Å². The molecule has 1 saturated heterocycles. The van der Waals surface area contributed by atoms with E-state index in [1.54, 1.807) is 0 Å². The molecule has 3 saturated carbocycles. The van der Waals surface area contributed by atoms with Gasteiger partial charge in [0.15, 0.2) is 0 Å². The van der Waals surface area contributed by atoms with Crippen molar-refractivity contribution in [3.63, 3.8) is 0 Å². The molecule has 34 heavy (non-hydrogen) atoms. The lowest BCUT2D eigenvalue weighted by atomic mass is 9.87. The zero-order valence-corrected chi connectivity index (χ0v) is 21.0. The Morgan fingerprint density at radius 2 is 1.50 bits per heavy atom. The Hall–Kier alpha value is -1.59. The molecule has 4 rings (SSSR count). The van der Waals surface area contributed by atoms with Gasteiger partial charge in [0, 0.05) is 11.8 Å². The number of rotatable bonds is 6. The Bertz CT molecular complexity index is 733. The average Bonchev–Trinajstić information content (AvgIpc) is 3.47. The summed E-state index contributed by atoms with van der Waals surface area (Å²) < 4.78 is 16.7. The zero-order valence-electron chi connectivity index (χ0n) is 21.0. The lowest BCUT2D eigenvalue weighted by Crippen LogP contribution is -2.39. The number of carbonyl (C=O) groups is 3. The van der Waals surface area contributed by atoms with Crippen molar-refractivity contribution in [1.29, 1.82) is 0 Å². The third-order valence-electron chi connectivity index (χ3n) is 8.53. The van der Waals surface area contributed by atoms with Crippen LogP contribution in [0.4, 0.5) is 0 Å². The highest BCUT2D eigenvalue weighted by Crippen LogP contribution is 2.55. The molecule has 0 spiro atoms. The summed E-state index contributed by atoms with van der Waals surface area (Å²) in [5, 5.41) is 0. The fourth-order valence-electron chi connectivity index (χ4n) is 5.22. The second-order valence-electron chi connectivity index (χ2n) is 11.8. The summed E-state index contributed by atoms with van der Waals surface area (Å²) in [6.07, 6.45) is 7.47. The van der Waals surface area contributed by atoms with Crippen LogP contribution in [0.1, 0.15) is 115 Å². The van der Waals surface area contributed by atoms with E-state index >= 15 is 0 Å². The molecular formula is C28H50O6. The molecule has 1 heterocycles. The van der Waals surface area contributed by atoms with Gasteiger partial charge >= 0.3 is 17.9 Å². The first-order chi connectivity index (χ1) is 14.8. The van der Waals surface area contributed by atoms with E-state index in [4.69, 9.17) is 14.2 Å². The summed E-state index contributed by atoms with van der Waals surface area (Å²) in [5.41, 5.74) is -0.959. The Morgan fingerprint density at radius 3 is 2.03 bits per heavy atom. The molecule has 5 atom stereocenters. The van der Waals surface area contributed by atoms with Crippen LogP contribution in [0.15, 0.2) is 0 Å². The van der Waals surface area contributed by atoms with Crippen LogP contribution < -0.4 is 0 Å². The first-order valence-electron chi connectivity index (χ1n) is 12.5. The molecule has 5 unspecified atom stereocenters. The summed E-state index contributed by atoms with van der Waals surface area (Å²) in [4.78, 5) is 35.6. The molecule has 0 aromatic heterocycles. The van der Waals surface area contributed by atoms with Crippen molar-refractivity contribution in [3.05, 3.63) is 0 Å². The lowest BCUT2D eigenvalue weighted by Gasteiger charge is -2.29. The third-order valence-corrected chi connectivity index (χ3v) is 8.53. The van der Waals surface area contributed by atoms with Crippen molar-refractivity contribution < 1.29 is 28.6 Å². The highest BCUT2D eigenvalue weighted by Gasteiger charge is 2.63. The molecule has 6 heteroatoms. The summed E-state index contributed by atoms with van der Waals surface area (Å²) >= 11 is 0. The minimum atomic E-state index is -0.455. The van der Waals surface area contributed by atoms with Gasteiger partial charge in [-0.2, -0.15) is 0 Å². The van der Waals surface area contributed by atoms with E-state index in [1.165, 1.54) is 12.8 Å². The predicted molar refractivity (Wildman–Crippen MR) is 134 cm³/mol. The van der Waals surface area contributed by atoms with Gasteiger partial charge < -0.3 is 14.2 Å². The van der Waals surface area contributed by atoms with Crippen molar-refractivity contribution in [2.24, 2.45) is 28.6 Å². The average molecular weight is 483 g/mol. The van der Waals surface area contributed by atoms with E-state index in [-0.39, 0.29) is 61.9 Å². The summed E-state index contributed by atoms with van der Waals surface area (Å²) in [6.45, 7) is 13.8. The molecule has 0 radical (unpaired) electrons. The largest absolute Gasteiger partial charge is 0.459 e. The van der Waals surface area contributed by atoms with E-state index in [9.17, 15) is 14.4 Å². The van der Waals surface area contributed by atoms with Crippen molar-refractivity contribution in [2.75, 3.05) is 0 Å². The molecule has 198 valence electrons. The van der Waals surface area contributed by atoms with Crippen LogP contribution in [-0.4, -0.2) is 35.7 Å². The monoisotopic (exact) mass is 482 g/mol. The van der Waals surface area contributed by atoms with Gasteiger partial charge in [0.25, 0.3) is 0 Å². The first-order valence-corrected chi connectivity index (χ1v) is 12.5. The molecule has 2 bridgehead atoms. The molecular weight excluding hydrogens is 432 g/mol. The van der Waals surface area contributed by atoms with E-state index in [0.29, 0.717) is 11.8 Å². The molecule has 4 aliphatic rings. The number of hydrogen-bond acceptors (Lipinski definition) is 6. The molecule has 0 aromatic rings. The van der Waals surface area contributed by atoms with E-state index in [0.717, 1.165) is 38.5 Å². The van der Waals surface area contributed by atoms with Crippen LogP contribution in [0.5, 0.6) is 0 Å². The normalized spacial score (nSPS) is 30.3. The van der Waals surface area contributed by atoms with Gasteiger partial charge in [-0.3, -0.25) is 14.4 Å². The SMILES string of the molecule is C.C.CCC(C)(C)C(=O)OC1(C)CCCC1.CCC(C)(C)C(=O)OC1C2CC3C(=O)OC1C3C2. The predicted octanol–water partition coefficient (Wildman–Crippen LogP) is 6.49.